The van der Waals surface area contributed by atoms with E-state index in [-0.39, 0.29) is 5.82 Å². The van der Waals surface area contributed by atoms with Gasteiger partial charge >= 0.3 is 0 Å². The van der Waals surface area contributed by atoms with Gasteiger partial charge in [0.25, 0.3) is 5.91 Å². The lowest BCUT2D eigenvalue weighted by Crippen LogP contribution is -2.16. The number of nitrogens with one attached hydrogen (secondary N) is 1. The number of hydrogen-bond acceptors (Lipinski definition) is 3. The van der Waals surface area contributed by atoms with Crippen LogP contribution in [-0.2, 0) is 0 Å². The Morgan fingerprint density at radius 1 is 1.35 bits per heavy atom. The van der Waals surface area contributed by atoms with E-state index in [1.54, 1.807) is 6.07 Å². The molecule has 2 rings (SSSR count). The maximum absolute atomic E-state index is 13.7. The number of pyridine rings is 1. The van der Waals surface area contributed by atoms with Gasteiger partial charge in [-0.15, -0.1) is 0 Å². The molecule has 0 aliphatic rings. The van der Waals surface area contributed by atoms with Crippen molar-refractivity contribution in [2.24, 2.45) is 0 Å². The highest BCUT2D eigenvalue weighted by atomic mass is 79.9. The molecular weight excluding hydrogens is 332 g/mol. The monoisotopic (exact) mass is 341 g/mol. The molecule has 0 spiro atoms. The summed E-state index contributed by atoms with van der Waals surface area (Å²) < 4.78 is 27.6. The quantitative estimate of drug-likeness (QED) is 0.823. The van der Waals surface area contributed by atoms with Crippen molar-refractivity contribution in [3.8, 4) is 0 Å². The van der Waals surface area contributed by atoms with Gasteiger partial charge in [-0.25, -0.2) is 13.8 Å². The number of nitrogen functional groups attached to an aromatic ring is 1. The number of carbonyl (C=O) groups is 1. The maximum atomic E-state index is 13.7. The molecule has 0 saturated carbocycles. The summed E-state index contributed by atoms with van der Waals surface area (Å²) in [6.07, 6.45) is 1.50. The van der Waals surface area contributed by atoms with Crippen LogP contribution in [0.2, 0.25) is 0 Å². The number of rotatable bonds is 2. The maximum Gasteiger partial charge on any atom is 0.259 e. The molecule has 0 bridgehead atoms. The molecule has 0 saturated heterocycles. The highest BCUT2D eigenvalue weighted by Gasteiger charge is 2.16. The Bertz CT molecular complexity index is 692. The molecule has 0 aliphatic carbocycles. The summed E-state index contributed by atoms with van der Waals surface area (Å²) in [5, 5.41) is 2.39. The van der Waals surface area contributed by atoms with E-state index in [1.807, 2.05) is 6.92 Å². The molecule has 20 heavy (non-hydrogen) atoms. The highest BCUT2D eigenvalue weighted by Crippen LogP contribution is 2.20. The Balaban J connectivity index is 2.30. The van der Waals surface area contributed by atoms with Gasteiger partial charge in [-0.3, -0.25) is 4.79 Å². The second-order valence-corrected chi connectivity index (χ2v) is 4.98. The molecule has 0 unspecified atom stereocenters. The van der Waals surface area contributed by atoms with Crippen LogP contribution in [-0.4, -0.2) is 10.9 Å². The molecule has 0 aliphatic heterocycles. The van der Waals surface area contributed by atoms with Crippen molar-refractivity contribution in [2.75, 3.05) is 11.1 Å². The molecule has 4 nitrogen and oxygen atoms in total. The minimum atomic E-state index is -0.960. The molecular formula is C13H10BrF2N3O. The second-order valence-electron chi connectivity index (χ2n) is 4.13. The first-order valence-corrected chi connectivity index (χ1v) is 6.36. The average molecular weight is 342 g/mol. The third-order valence-corrected chi connectivity index (χ3v) is 3.43. The lowest BCUT2D eigenvalue weighted by Gasteiger charge is -2.08. The third kappa shape index (κ3) is 2.93. The first-order valence-electron chi connectivity index (χ1n) is 5.56. The fraction of sp³-hybridized carbons (Fsp3) is 0.0769. The van der Waals surface area contributed by atoms with Crippen molar-refractivity contribution in [3.63, 3.8) is 0 Å². The van der Waals surface area contributed by atoms with E-state index in [2.05, 4.69) is 26.2 Å². The molecule has 0 fully saturated rings. The predicted molar refractivity (Wildman–Crippen MR) is 75.4 cm³/mol. The Morgan fingerprint density at radius 3 is 2.70 bits per heavy atom. The van der Waals surface area contributed by atoms with Crippen LogP contribution in [0.3, 0.4) is 0 Å². The van der Waals surface area contributed by atoms with Crippen molar-refractivity contribution in [2.45, 2.75) is 6.92 Å². The number of hydrogen-bond donors (Lipinski definition) is 2. The minimum Gasteiger partial charge on any atom is -0.396 e. The molecule has 0 atom stereocenters. The number of nitrogens with zero attached hydrogens (tertiary/aromatic N) is 1. The second kappa shape index (κ2) is 5.54. The summed E-state index contributed by atoms with van der Waals surface area (Å²) in [7, 11) is 0. The first-order chi connectivity index (χ1) is 9.38. The lowest BCUT2D eigenvalue weighted by atomic mass is 10.1. The van der Waals surface area contributed by atoms with Crippen molar-refractivity contribution >= 4 is 33.3 Å². The normalized spacial score (nSPS) is 10.4. The number of aromatic nitrogens is 1. The summed E-state index contributed by atoms with van der Waals surface area (Å²) in [6, 6.07) is 3.20. The number of halogens is 3. The number of nitrogens with two attached hydrogens (primary N) is 1. The van der Waals surface area contributed by atoms with E-state index >= 15 is 0 Å². The Hall–Kier alpha value is -2.02. The molecule has 7 heteroatoms. The zero-order chi connectivity index (χ0) is 14.9. The molecule has 3 N–H and O–H groups in total. The van der Waals surface area contributed by atoms with Crippen LogP contribution in [0, 0.1) is 18.6 Å². The van der Waals surface area contributed by atoms with E-state index in [1.165, 1.54) is 6.20 Å². The van der Waals surface area contributed by atoms with Crippen LogP contribution in [0.4, 0.5) is 20.3 Å². The Labute approximate surface area is 122 Å². The van der Waals surface area contributed by atoms with Gasteiger partial charge in [-0.1, -0.05) is 0 Å². The molecule has 0 radical (unpaired) electrons. The number of carbonyl (C=O) groups excluding carboxylic acids is 1. The smallest absolute Gasteiger partial charge is 0.259 e. The Morgan fingerprint density at radius 2 is 2.05 bits per heavy atom. The van der Waals surface area contributed by atoms with Crippen LogP contribution in [0.1, 0.15) is 15.9 Å². The van der Waals surface area contributed by atoms with Gasteiger partial charge < -0.3 is 11.1 Å². The SMILES string of the molecule is Cc1cc(NC(=O)c2cc(F)cc(N)c2F)ncc1Br. The zero-order valence-corrected chi connectivity index (χ0v) is 12.0. The van der Waals surface area contributed by atoms with E-state index in [0.29, 0.717) is 0 Å². The molecule has 2 aromatic rings. The van der Waals surface area contributed by atoms with Crippen molar-refractivity contribution in [1.29, 1.82) is 0 Å². The largest absolute Gasteiger partial charge is 0.396 e. The van der Waals surface area contributed by atoms with E-state index in [4.69, 9.17) is 5.73 Å². The van der Waals surface area contributed by atoms with E-state index in [9.17, 15) is 13.6 Å². The number of aryl methyl sites for hydroxylation is 1. The fourth-order valence-corrected chi connectivity index (χ4v) is 1.78. The van der Waals surface area contributed by atoms with Crippen LogP contribution >= 0.6 is 15.9 Å². The van der Waals surface area contributed by atoms with Crippen LogP contribution < -0.4 is 11.1 Å². The van der Waals surface area contributed by atoms with Crippen LogP contribution in [0.15, 0.2) is 28.9 Å². The van der Waals surface area contributed by atoms with Crippen molar-refractivity contribution in [3.05, 3.63) is 51.6 Å². The zero-order valence-electron chi connectivity index (χ0n) is 10.4. The number of anilines is 2. The lowest BCUT2D eigenvalue weighted by molar-refractivity contribution is 0.102. The van der Waals surface area contributed by atoms with Crippen molar-refractivity contribution in [1.82, 2.24) is 4.98 Å². The standard InChI is InChI=1S/C13H10BrF2N3O/c1-6-2-11(18-5-9(6)14)19-13(20)8-3-7(15)4-10(17)12(8)16/h2-5H,17H2,1H3,(H,18,19,20). The highest BCUT2D eigenvalue weighted by molar-refractivity contribution is 9.10. The first kappa shape index (κ1) is 14.4. The third-order valence-electron chi connectivity index (χ3n) is 2.60. The van der Waals surface area contributed by atoms with E-state index < -0.39 is 28.8 Å². The average Bonchev–Trinajstić information content (AvgIpc) is 2.38. The van der Waals surface area contributed by atoms with Gasteiger partial charge in [0.2, 0.25) is 0 Å². The van der Waals surface area contributed by atoms with Crippen LogP contribution in [0.25, 0.3) is 0 Å². The fourth-order valence-electron chi connectivity index (χ4n) is 1.57. The van der Waals surface area contributed by atoms with Gasteiger partial charge in [0.1, 0.15) is 11.6 Å². The summed E-state index contributed by atoms with van der Waals surface area (Å²) in [5.41, 5.74) is 5.23. The van der Waals surface area contributed by atoms with Crippen molar-refractivity contribution < 1.29 is 13.6 Å². The van der Waals surface area contributed by atoms with Gasteiger partial charge in [0.15, 0.2) is 5.82 Å². The number of benzene rings is 1. The predicted octanol–water partition coefficient (Wildman–Crippen LogP) is 3.27. The van der Waals surface area contributed by atoms with Gasteiger partial charge in [0, 0.05) is 10.7 Å². The summed E-state index contributed by atoms with van der Waals surface area (Å²) in [4.78, 5) is 15.9. The molecule has 1 amide bonds. The molecule has 1 aromatic carbocycles. The molecule has 1 heterocycles. The summed E-state index contributed by atoms with van der Waals surface area (Å²) >= 11 is 3.27. The number of amides is 1. The summed E-state index contributed by atoms with van der Waals surface area (Å²) in [5.74, 6) is -2.33. The van der Waals surface area contributed by atoms with Gasteiger partial charge in [-0.2, -0.15) is 0 Å². The Kier molecular flexibility index (Phi) is 3.99. The van der Waals surface area contributed by atoms with E-state index in [0.717, 1.165) is 22.2 Å². The molecule has 1 aromatic heterocycles. The van der Waals surface area contributed by atoms with Gasteiger partial charge in [-0.05, 0) is 46.6 Å². The van der Waals surface area contributed by atoms with Crippen LogP contribution in [0.5, 0.6) is 0 Å². The molecule has 104 valence electrons. The minimum absolute atomic E-state index is 0.234. The van der Waals surface area contributed by atoms with Gasteiger partial charge in [0.05, 0.1) is 11.3 Å². The topological polar surface area (TPSA) is 68.0 Å². The summed E-state index contributed by atoms with van der Waals surface area (Å²) in [6.45, 7) is 1.81.